The van der Waals surface area contributed by atoms with Crippen molar-refractivity contribution in [3.63, 3.8) is 0 Å². The second kappa shape index (κ2) is 11.5. The number of nitrogens with zero attached hydrogens (tertiary/aromatic N) is 3. The van der Waals surface area contributed by atoms with Crippen LogP contribution < -0.4 is 9.21 Å². The zero-order valence-corrected chi connectivity index (χ0v) is 22.7. The van der Waals surface area contributed by atoms with Gasteiger partial charge in [-0.2, -0.15) is 0 Å². The highest BCUT2D eigenvalue weighted by molar-refractivity contribution is 7.92. The minimum Gasteiger partial charge on any atom is -0.368 e. The van der Waals surface area contributed by atoms with Crippen LogP contribution in [0.5, 0.6) is 0 Å². The fraction of sp³-hybridized carbons (Fsp3) is 0.167. The summed E-state index contributed by atoms with van der Waals surface area (Å²) in [6.07, 6.45) is 0. The SMILES string of the molecule is O=C(c1ccc(N(Cc2ccc(Cl)cc2)S(=O)(=O)c2ccccc2)cc1)N1CCN(c2ccc(F)cc2)CC1. The smallest absolute Gasteiger partial charge is 0.264 e. The van der Waals surface area contributed by atoms with Crippen molar-refractivity contribution in [2.45, 2.75) is 11.4 Å². The first-order valence-corrected chi connectivity index (χ1v) is 14.4. The van der Waals surface area contributed by atoms with Crippen molar-refractivity contribution in [1.82, 2.24) is 4.90 Å². The maximum absolute atomic E-state index is 13.6. The number of carbonyl (C=O) groups is 1. The highest BCUT2D eigenvalue weighted by Gasteiger charge is 2.26. The van der Waals surface area contributed by atoms with Crippen LogP contribution in [-0.4, -0.2) is 45.4 Å². The van der Waals surface area contributed by atoms with Crippen LogP contribution in [0.1, 0.15) is 15.9 Å². The summed E-state index contributed by atoms with van der Waals surface area (Å²) in [7, 11) is -3.88. The average Bonchev–Trinajstić information content (AvgIpc) is 2.97. The van der Waals surface area contributed by atoms with Gasteiger partial charge in [0.05, 0.1) is 17.1 Å². The van der Waals surface area contributed by atoms with Gasteiger partial charge >= 0.3 is 0 Å². The highest BCUT2D eigenvalue weighted by atomic mass is 35.5. The molecule has 0 bridgehead atoms. The molecule has 0 unspecified atom stereocenters. The van der Waals surface area contributed by atoms with Gasteiger partial charge < -0.3 is 9.80 Å². The first kappa shape index (κ1) is 26.7. The summed E-state index contributed by atoms with van der Waals surface area (Å²) < 4.78 is 41.9. The van der Waals surface area contributed by atoms with E-state index in [0.29, 0.717) is 42.5 Å². The highest BCUT2D eigenvalue weighted by Crippen LogP contribution is 2.27. The van der Waals surface area contributed by atoms with E-state index in [0.717, 1.165) is 11.3 Å². The van der Waals surface area contributed by atoms with Crippen LogP contribution in [0.4, 0.5) is 15.8 Å². The van der Waals surface area contributed by atoms with Crippen LogP contribution in [0.25, 0.3) is 0 Å². The summed E-state index contributed by atoms with van der Waals surface area (Å²) in [5, 5.41) is 0.567. The molecule has 6 nitrogen and oxygen atoms in total. The van der Waals surface area contributed by atoms with E-state index in [4.69, 9.17) is 11.6 Å². The van der Waals surface area contributed by atoms with Gasteiger partial charge in [-0.15, -0.1) is 0 Å². The molecule has 0 atom stereocenters. The Morgan fingerprint density at radius 2 is 1.41 bits per heavy atom. The lowest BCUT2D eigenvalue weighted by Crippen LogP contribution is -2.48. The number of rotatable bonds is 7. The quantitative estimate of drug-likeness (QED) is 0.283. The number of hydrogen-bond donors (Lipinski definition) is 0. The Balaban J connectivity index is 1.34. The van der Waals surface area contributed by atoms with Crippen molar-refractivity contribution in [2.75, 3.05) is 35.4 Å². The molecule has 1 saturated heterocycles. The van der Waals surface area contributed by atoms with Crippen molar-refractivity contribution in [3.05, 3.63) is 125 Å². The number of halogens is 2. The predicted molar refractivity (Wildman–Crippen MR) is 152 cm³/mol. The van der Waals surface area contributed by atoms with E-state index < -0.39 is 10.0 Å². The molecule has 0 aromatic heterocycles. The number of amides is 1. The molecular formula is C30H27ClFN3O3S. The molecule has 0 saturated carbocycles. The van der Waals surface area contributed by atoms with Gasteiger partial charge in [0, 0.05) is 42.5 Å². The maximum atomic E-state index is 13.6. The van der Waals surface area contributed by atoms with Gasteiger partial charge in [0.2, 0.25) is 0 Å². The lowest BCUT2D eigenvalue weighted by atomic mass is 10.1. The molecule has 1 aliphatic heterocycles. The Labute approximate surface area is 232 Å². The van der Waals surface area contributed by atoms with E-state index in [1.807, 2.05) is 0 Å². The molecular weight excluding hydrogens is 537 g/mol. The molecule has 0 aliphatic carbocycles. The van der Waals surface area contributed by atoms with Crippen molar-refractivity contribution in [3.8, 4) is 0 Å². The summed E-state index contributed by atoms with van der Waals surface area (Å²) in [5.41, 5.74) is 2.63. The molecule has 1 fully saturated rings. The van der Waals surface area contributed by atoms with Crippen molar-refractivity contribution in [2.24, 2.45) is 0 Å². The largest absolute Gasteiger partial charge is 0.368 e. The molecule has 4 aromatic carbocycles. The van der Waals surface area contributed by atoms with E-state index in [9.17, 15) is 17.6 Å². The first-order valence-electron chi connectivity index (χ1n) is 12.5. The van der Waals surface area contributed by atoms with Gasteiger partial charge in [-0.1, -0.05) is 41.9 Å². The van der Waals surface area contributed by atoms with Gasteiger partial charge in [-0.3, -0.25) is 9.10 Å². The molecule has 4 aromatic rings. The molecule has 9 heteroatoms. The summed E-state index contributed by atoms with van der Waals surface area (Å²) in [6, 6.07) is 28.3. The third-order valence-corrected chi connectivity index (χ3v) is 8.77. The monoisotopic (exact) mass is 563 g/mol. The molecule has 0 radical (unpaired) electrons. The van der Waals surface area contributed by atoms with Gasteiger partial charge in [-0.25, -0.2) is 12.8 Å². The van der Waals surface area contributed by atoms with E-state index in [2.05, 4.69) is 4.90 Å². The minimum atomic E-state index is -3.88. The number of benzene rings is 4. The third-order valence-electron chi connectivity index (χ3n) is 6.73. The van der Waals surface area contributed by atoms with Crippen LogP contribution >= 0.6 is 11.6 Å². The second-order valence-corrected chi connectivity index (χ2v) is 11.6. The van der Waals surface area contributed by atoms with Crippen molar-refractivity contribution < 1.29 is 17.6 Å². The molecule has 1 aliphatic rings. The molecule has 1 amide bonds. The molecule has 0 N–H and O–H groups in total. The minimum absolute atomic E-state index is 0.104. The Morgan fingerprint density at radius 1 is 0.795 bits per heavy atom. The lowest BCUT2D eigenvalue weighted by Gasteiger charge is -2.36. The second-order valence-electron chi connectivity index (χ2n) is 9.25. The fourth-order valence-electron chi connectivity index (χ4n) is 4.56. The summed E-state index contributed by atoms with van der Waals surface area (Å²) >= 11 is 6.02. The fourth-order valence-corrected chi connectivity index (χ4v) is 6.16. The van der Waals surface area contributed by atoms with Crippen LogP contribution in [-0.2, 0) is 16.6 Å². The van der Waals surface area contributed by atoms with Crippen LogP contribution in [0.15, 0.2) is 108 Å². The van der Waals surface area contributed by atoms with Crippen LogP contribution in [0.3, 0.4) is 0 Å². The van der Waals surface area contributed by atoms with E-state index in [-0.39, 0.29) is 23.2 Å². The lowest BCUT2D eigenvalue weighted by molar-refractivity contribution is 0.0747. The molecule has 5 rings (SSSR count). The Bertz CT molecular complexity index is 1520. The molecule has 0 spiro atoms. The zero-order chi connectivity index (χ0) is 27.4. The third kappa shape index (κ3) is 6.08. The number of sulfonamides is 1. The number of hydrogen-bond acceptors (Lipinski definition) is 4. The van der Waals surface area contributed by atoms with Crippen LogP contribution in [0.2, 0.25) is 5.02 Å². The van der Waals surface area contributed by atoms with Crippen molar-refractivity contribution >= 4 is 38.9 Å². The summed E-state index contributed by atoms with van der Waals surface area (Å²) in [6.45, 7) is 2.44. The zero-order valence-electron chi connectivity index (χ0n) is 21.1. The standard InChI is InChI=1S/C30H27ClFN3O3S/c31-25-10-6-23(7-11-25)22-35(39(37,38)29-4-2-1-3-5-29)28-14-8-24(9-15-28)30(36)34-20-18-33(19-21-34)27-16-12-26(32)13-17-27/h1-17H,18-22H2. The van der Waals surface area contributed by atoms with E-state index in [1.54, 1.807) is 95.9 Å². The topological polar surface area (TPSA) is 60.9 Å². The Morgan fingerprint density at radius 3 is 2.03 bits per heavy atom. The number of carbonyl (C=O) groups excluding carboxylic acids is 1. The molecule has 39 heavy (non-hydrogen) atoms. The van der Waals surface area contributed by atoms with Gasteiger partial charge in [-0.05, 0) is 78.4 Å². The molecule has 1 heterocycles. The normalized spacial score (nSPS) is 13.8. The Kier molecular flexibility index (Phi) is 7.86. The summed E-state index contributed by atoms with van der Waals surface area (Å²) in [4.78, 5) is 17.3. The summed E-state index contributed by atoms with van der Waals surface area (Å²) in [5.74, 6) is -0.394. The number of piperazine rings is 1. The predicted octanol–water partition coefficient (Wildman–Crippen LogP) is 5.84. The van der Waals surface area contributed by atoms with Crippen LogP contribution in [0, 0.1) is 5.82 Å². The number of anilines is 2. The van der Waals surface area contributed by atoms with Gasteiger partial charge in [0.25, 0.3) is 15.9 Å². The first-order chi connectivity index (χ1) is 18.8. The van der Waals surface area contributed by atoms with E-state index in [1.165, 1.54) is 16.4 Å². The Hall–Kier alpha value is -3.88. The van der Waals surface area contributed by atoms with Crippen molar-refractivity contribution in [1.29, 1.82) is 0 Å². The van der Waals surface area contributed by atoms with Gasteiger partial charge in [0.1, 0.15) is 5.82 Å². The van der Waals surface area contributed by atoms with Gasteiger partial charge in [0.15, 0.2) is 0 Å². The molecule has 200 valence electrons. The van der Waals surface area contributed by atoms with E-state index >= 15 is 0 Å². The average molecular weight is 564 g/mol. The maximum Gasteiger partial charge on any atom is 0.264 e.